The summed E-state index contributed by atoms with van der Waals surface area (Å²) < 4.78 is 51.1. The lowest BCUT2D eigenvalue weighted by Crippen LogP contribution is -2.05. The first-order valence-electron chi connectivity index (χ1n) is 2.86. The van der Waals surface area contributed by atoms with Gasteiger partial charge in [0.2, 0.25) is 5.95 Å². The normalized spacial score (nSPS) is 10.4. The number of ether oxygens (including phenoxy) is 1. The molecule has 1 aromatic heterocycles. The predicted molar refractivity (Wildman–Crippen MR) is 30.8 cm³/mol. The molecule has 0 unspecified atom stereocenters. The van der Waals surface area contributed by atoms with Crippen molar-refractivity contribution in [2.45, 2.75) is 6.61 Å². The number of pyridine rings is 1. The van der Waals surface area contributed by atoms with Gasteiger partial charge in [0, 0.05) is 0 Å². The van der Waals surface area contributed by atoms with Crippen molar-refractivity contribution in [3.8, 4) is 5.75 Å². The summed E-state index contributed by atoms with van der Waals surface area (Å²) in [6.07, 6.45) is 0. The molecule has 0 bridgehead atoms. The van der Waals surface area contributed by atoms with Crippen LogP contribution in [0.3, 0.4) is 0 Å². The van der Waals surface area contributed by atoms with Gasteiger partial charge in [0.05, 0.1) is 0 Å². The summed E-state index contributed by atoms with van der Waals surface area (Å²) in [6.45, 7) is -3.15. The molecule has 0 amide bonds. The van der Waals surface area contributed by atoms with Crippen LogP contribution >= 0.6 is 0 Å². The number of aromatic nitrogens is 1. The molecule has 0 aromatic carbocycles. The smallest absolute Gasteiger partial charge is 0.387 e. The third-order valence-electron chi connectivity index (χ3n) is 0.997. The highest BCUT2D eigenvalue weighted by Gasteiger charge is 2.10. The second-order valence-corrected chi connectivity index (χ2v) is 1.80. The van der Waals surface area contributed by atoms with Gasteiger partial charge in [-0.2, -0.15) is 22.5 Å². The van der Waals surface area contributed by atoms with E-state index in [-0.39, 0.29) is 0 Å². The summed E-state index contributed by atoms with van der Waals surface area (Å²) in [4.78, 5) is 2.63. The molecule has 0 fully saturated rings. The molecule has 0 saturated heterocycles. The van der Waals surface area contributed by atoms with E-state index in [2.05, 4.69) is 9.72 Å². The van der Waals surface area contributed by atoms with Crippen molar-refractivity contribution in [3.05, 3.63) is 24.0 Å². The van der Waals surface area contributed by atoms with Crippen LogP contribution < -0.4 is 4.74 Å². The van der Waals surface area contributed by atoms with Crippen molar-refractivity contribution < 1.29 is 22.3 Å². The molecule has 12 heavy (non-hydrogen) atoms. The van der Waals surface area contributed by atoms with Crippen molar-refractivity contribution in [1.82, 2.24) is 4.98 Å². The SMILES string of the molecule is Fc1ccc(OC(F)F)c(F)n1. The Kier molecular flexibility index (Phi) is 2.47. The molecule has 6 heteroatoms. The van der Waals surface area contributed by atoms with Crippen LogP contribution in [0, 0.1) is 11.9 Å². The summed E-state index contributed by atoms with van der Waals surface area (Å²) >= 11 is 0. The minimum absolute atomic E-state index is 0.723. The van der Waals surface area contributed by atoms with Gasteiger partial charge in [0.1, 0.15) is 0 Å². The third-order valence-corrected chi connectivity index (χ3v) is 0.997. The van der Waals surface area contributed by atoms with Gasteiger partial charge in [-0.15, -0.1) is 0 Å². The zero-order valence-corrected chi connectivity index (χ0v) is 5.60. The topological polar surface area (TPSA) is 22.1 Å². The molecule has 0 radical (unpaired) electrons. The molecule has 0 spiro atoms. The summed E-state index contributed by atoms with van der Waals surface area (Å²) in [5.41, 5.74) is 0. The fourth-order valence-electron chi connectivity index (χ4n) is 0.583. The van der Waals surface area contributed by atoms with Crippen molar-refractivity contribution in [2.24, 2.45) is 0 Å². The summed E-state index contributed by atoms with van der Waals surface area (Å²) in [6, 6.07) is 1.46. The van der Waals surface area contributed by atoms with Crippen LogP contribution in [0.15, 0.2) is 12.1 Å². The minimum Gasteiger partial charge on any atom is -0.430 e. The van der Waals surface area contributed by atoms with Crippen LogP contribution in [0.25, 0.3) is 0 Å². The van der Waals surface area contributed by atoms with Gasteiger partial charge in [-0.1, -0.05) is 0 Å². The highest BCUT2D eigenvalue weighted by molar-refractivity contribution is 5.18. The van der Waals surface area contributed by atoms with E-state index >= 15 is 0 Å². The van der Waals surface area contributed by atoms with E-state index in [0.29, 0.717) is 0 Å². The molecule has 0 aliphatic heterocycles. The van der Waals surface area contributed by atoms with Crippen LogP contribution in [-0.2, 0) is 0 Å². The first-order valence-corrected chi connectivity index (χ1v) is 2.86. The number of halogens is 4. The number of hydrogen-bond donors (Lipinski definition) is 0. The van der Waals surface area contributed by atoms with E-state index in [9.17, 15) is 17.6 Å². The third kappa shape index (κ3) is 2.08. The lowest BCUT2D eigenvalue weighted by atomic mass is 10.4. The standard InChI is InChI=1S/C6H3F4NO/c7-4-2-1-3(5(8)11-4)12-6(9)10/h1-2,6H. The summed E-state index contributed by atoms with van der Waals surface area (Å²) in [5, 5.41) is 0. The van der Waals surface area contributed by atoms with Crippen molar-refractivity contribution in [2.75, 3.05) is 0 Å². The molecular weight excluding hydrogens is 178 g/mol. The maximum Gasteiger partial charge on any atom is 0.387 e. The zero-order chi connectivity index (χ0) is 9.14. The van der Waals surface area contributed by atoms with Gasteiger partial charge in [0.15, 0.2) is 5.75 Å². The molecule has 0 N–H and O–H groups in total. The Hall–Kier alpha value is -1.33. The molecule has 1 aromatic rings. The average molecular weight is 181 g/mol. The van der Waals surface area contributed by atoms with Gasteiger partial charge in [-0.3, -0.25) is 0 Å². The van der Waals surface area contributed by atoms with Crippen LogP contribution in [0.5, 0.6) is 5.75 Å². The average Bonchev–Trinajstić information content (AvgIpc) is 1.94. The Labute approximate surface area is 64.8 Å². The number of alkyl halides is 2. The van der Waals surface area contributed by atoms with Gasteiger partial charge in [0.25, 0.3) is 5.95 Å². The van der Waals surface area contributed by atoms with Crippen LogP contribution in [0.4, 0.5) is 17.6 Å². The van der Waals surface area contributed by atoms with E-state index in [4.69, 9.17) is 0 Å². The molecule has 1 heterocycles. The molecule has 0 saturated carbocycles. The van der Waals surface area contributed by atoms with E-state index in [0.717, 1.165) is 12.1 Å². The Balaban J connectivity index is 2.86. The second kappa shape index (κ2) is 3.38. The molecule has 1 rings (SSSR count). The number of rotatable bonds is 2. The van der Waals surface area contributed by atoms with Gasteiger partial charge < -0.3 is 4.74 Å². The quantitative estimate of drug-likeness (QED) is 0.514. The van der Waals surface area contributed by atoms with Crippen molar-refractivity contribution in [1.29, 1.82) is 0 Å². The molecule has 0 aliphatic carbocycles. The summed E-state index contributed by atoms with van der Waals surface area (Å²) in [7, 11) is 0. The lowest BCUT2D eigenvalue weighted by molar-refractivity contribution is -0.0528. The van der Waals surface area contributed by atoms with Gasteiger partial charge in [-0.25, -0.2) is 0 Å². The van der Waals surface area contributed by atoms with E-state index < -0.39 is 24.3 Å². The zero-order valence-electron chi connectivity index (χ0n) is 5.60. The Morgan fingerprint density at radius 1 is 1.25 bits per heavy atom. The van der Waals surface area contributed by atoms with Crippen LogP contribution in [0.2, 0.25) is 0 Å². The van der Waals surface area contributed by atoms with Crippen molar-refractivity contribution >= 4 is 0 Å². The molecule has 2 nitrogen and oxygen atoms in total. The second-order valence-electron chi connectivity index (χ2n) is 1.80. The molecule has 66 valence electrons. The van der Waals surface area contributed by atoms with Gasteiger partial charge in [-0.05, 0) is 12.1 Å². The monoisotopic (exact) mass is 181 g/mol. The lowest BCUT2D eigenvalue weighted by Gasteiger charge is -2.03. The maximum atomic E-state index is 12.4. The van der Waals surface area contributed by atoms with Crippen LogP contribution in [-0.4, -0.2) is 11.6 Å². The summed E-state index contributed by atoms with van der Waals surface area (Å²) in [5.74, 6) is -3.25. The fraction of sp³-hybridized carbons (Fsp3) is 0.167. The predicted octanol–water partition coefficient (Wildman–Crippen LogP) is 1.96. The Morgan fingerprint density at radius 2 is 1.92 bits per heavy atom. The largest absolute Gasteiger partial charge is 0.430 e. The van der Waals surface area contributed by atoms with E-state index in [1.54, 1.807) is 0 Å². The first-order chi connectivity index (χ1) is 5.59. The Bertz CT molecular complexity index is 278. The molecule has 0 aliphatic rings. The van der Waals surface area contributed by atoms with E-state index in [1.807, 2.05) is 0 Å². The van der Waals surface area contributed by atoms with E-state index in [1.165, 1.54) is 0 Å². The van der Waals surface area contributed by atoms with Crippen LogP contribution in [0.1, 0.15) is 0 Å². The number of hydrogen-bond acceptors (Lipinski definition) is 2. The maximum absolute atomic E-state index is 12.4. The highest BCUT2D eigenvalue weighted by Crippen LogP contribution is 2.16. The number of nitrogens with zero attached hydrogens (tertiary/aromatic N) is 1. The van der Waals surface area contributed by atoms with Gasteiger partial charge >= 0.3 is 6.61 Å². The molecular formula is C6H3F4NO. The Morgan fingerprint density at radius 3 is 2.42 bits per heavy atom. The first kappa shape index (κ1) is 8.76. The minimum atomic E-state index is -3.15. The fourth-order valence-corrected chi connectivity index (χ4v) is 0.583. The molecule has 0 atom stereocenters. The highest BCUT2D eigenvalue weighted by atomic mass is 19.3. The van der Waals surface area contributed by atoms with Crippen molar-refractivity contribution in [3.63, 3.8) is 0 Å².